The summed E-state index contributed by atoms with van der Waals surface area (Å²) in [4.78, 5) is 31.4. The quantitative estimate of drug-likeness (QED) is 0.180. The van der Waals surface area contributed by atoms with Crippen molar-refractivity contribution in [2.75, 3.05) is 0 Å². The zero-order valence-corrected chi connectivity index (χ0v) is 35.6. The van der Waals surface area contributed by atoms with Crippen molar-refractivity contribution in [1.82, 2.24) is 39.0 Å². The van der Waals surface area contributed by atoms with E-state index < -0.39 is 0 Å². The molecule has 3 aromatic carbocycles. The summed E-state index contributed by atoms with van der Waals surface area (Å²) in [5.74, 6) is 1.69. The summed E-state index contributed by atoms with van der Waals surface area (Å²) < 4.78 is 4.38. The second-order valence-electron chi connectivity index (χ2n) is 15.8. The van der Waals surface area contributed by atoms with Gasteiger partial charge in [-0.25, -0.2) is 29.9 Å². The Bertz CT molecular complexity index is 2570. The van der Waals surface area contributed by atoms with Crippen LogP contribution in [0.25, 0.3) is 67.6 Å². The lowest BCUT2D eigenvalue weighted by atomic mass is 9.85. The highest BCUT2D eigenvalue weighted by atomic mass is 15.1. The number of hydrogen-bond donors (Lipinski definition) is 0. The van der Waals surface area contributed by atoms with Gasteiger partial charge in [0.2, 0.25) is 0 Å². The molecule has 0 aliphatic heterocycles. The Morgan fingerprint density at radius 1 is 0.278 bits per heavy atom. The lowest BCUT2D eigenvalue weighted by Gasteiger charge is -2.22. The molecule has 0 bridgehead atoms. The highest BCUT2D eigenvalue weighted by molar-refractivity contribution is 5.90. The predicted molar refractivity (Wildman–Crippen MR) is 224 cm³/mol. The molecule has 8 nitrogen and oxygen atoms in total. The minimum Gasteiger partial charge on any atom is -0.326 e. The Kier molecular flexibility index (Phi) is 8.71. The molecule has 0 radical (unpaired) electrons. The number of aryl methyl sites for hydroxylation is 10. The van der Waals surface area contributed by atoms with Gasteiger partial charge in [-0.3, -0.25) is 0 Å². The molecule has 278 valence electrons. The Hall–Kier alpha value is -5.24. The molecule has 0 unspecified atom stereocenters. The summed E-state index contributed by atoms with van der Waals surface area (Å²) in [5, 5.41) is 0. The van der Waals surface area contributed by atoms with Crippen molar-refractivity contribution < 1.29 is 0 Å². The maximum absolute atomic E-state index is 5.29. The fourth-order valence-electron chi connectivity index (χ4n) is 8.76. The van der Waals surface area contributed by atoms with Crippen LogP contribution in [-0.2, 0) is 14.1 Å². The number of fused-ring (bicyclic) bond motifs is 2. The number of imidazole rings is 2. The molecule has 0 fully saturated rings. The first-order valence-corrected chi connectivity index (χ1v) is 19.0. The Morgan fingerprint density at radius 3 is 0.852 bits per heavy atom. The highest BCUT2D eigenvalue weighted by Gasteiger charge is 2.27. The van der Waals surface area contributed by atoms with Gasteiger partial charge in [0.15, 0.2) is 11.6 Å². The summed E-state index contributed by atoms with van der Waals surface area (Å²) in [6.07, 6.45) is 0. The van der Waals surface area contributed by atoms with Gasteiger partial charge < -0.3 is 9.13 Å². The second kappa shape index (κ2) is 12.7. The predicted octanol–water partition coefficient (Wildman–Crippen LogP) is 10.6. The molecular weight excluding hydrogens is 665 g/mol. The van der Waals surface area contributed by atoms with Crippen LogP contribution in [0.5, 0.6) is 0 Å². The summed E-state index contributed by atoms with van der Waals surface area (Å²) in [6, 6.07) is 0. The molecule has 0 N–H and O–H groups in total. The van der Waals surface area contributed by atoms with Gasteiger partial charge in [0, 0.05) is 25.2 Å². The summed E-state index contributed by atoms with van der Waals surface area (Å²) in [5.41, 5.74) is 28.5. The summed E-state index contributed by atoms with van der Waals surface area (Å²) >= 11 is 0. The van der Waals surface area contributed by atoms with Crippen molar-refractivity contribution in [1.29, 1.82) is 0 Å². The van der Waals surface area contributed by atoms with E-state index in [0.717, 1.165) is 90.4 Å². The molecule has 0 spiro atoms. The first kappa shape index (κ1) is 37.1. The minimum atomic E-state index is 0.821. The van der Waals surface area contributed by atoms with Crippen molar-refractivity contribution in [3.05, 3.63) is 89.5 Å². The van der Waals surface area contributed by atoms with Gasteiger partial charge in [0.1, 0.15) is 11.4 Å². The molecule has 0 aliphatic carbocycles. The van der Waals surface area contributed by atoms with E-state index in [1.54, 1.807) is 0 Å². The molecule has 0 saturated heterocycles. The molecule has 0 saturated carbocycles. The van der Waals surface area contributed by atoms with Crippen LogP contribution in [0.1, 0.15) is 89.5 Å². The van der Waals surface area contributed by atoms with Crippen LogP contribution >= 0.6 is 0 Å². The molecule has 4 aromatic heterocycles. The first-order chi connectivity index (χ1) is 25.3. The molecular formula is C46H54N8. The monoisotopic (exact) mass is 718 g/mol. The number of nitrogens with zero attached hydrogens (tertiary/aromatic N) is 8. The van der Waals surface area contributed by atoms with Gasteiger partial charge in [-0.1, -0.05) is 0 Å². The van der Waals surface area contributed by atoms with Crippen LogP contribution in [-0.4, -0.2) is 39.0 Å². The third-order valence-corrected chi connectivity index (χ3v) is 13.0. The van der Waals surface area contributed by atoms with E-state index in [1.165, 1.54) is 66.8 Å². The van der Waals surface area contributed by atoms with Crippen LogP contribution in [0, 0.1) is 111 Å². The zero-order valence-electron chi connectivity index (χ0n) is 35.6. The van der Waals surface area contributed by atoms with Gasteiger partial charge in [0.25, 0.3) is 0 Å². The van der Waals surface area contributed by atoms with Crippen molar-refractivity contribution in [2.24, 2.45) is 14.1 Å². The molecule has 7 aromatic rings. The van der Waals surface area contributed by atoms with E-state index in [9.17, 15) is 0 Å². The second-order valence-corrected chi connectivity index (χ2v) is 15.8. The van der Waals surface area contributed by atoms with E-state index in [4.69, 9.17) is 29.9 Å². The Morgan fingerprint density at radius 2 is 0.537 bits per heavy atom. The van der Waals surface area contributed by atoms with E-state index in [1.807, 2.05) is 0 Å². The summed E-state index contributed by atoms with van der Waals surface area (Å²) in [7, 11) is 4.19. The molecule has 4 heterocycles. The minimum absolute atomic E-state index is 0.821. The molecule has 0 aliphatic rings. The smallest absolute Gasteiger partial charge is 0.161 e. The van der Waals surface area contributed by atoms with Crippen molar-refractivity contribution in [3.63, 3.8) is 0 Å². The zero-order chi connectivity index (χ0) is 39.6. The number of aromatic nitrogens is 8. The van der Waals surface area contributed by atoms with Crippen LogP contribution in [0.15, 0.2) is 0 Å². The standard InChI is InChI=1S/C46H54N8/c1-19-21(3)29(11)43-37(27(19)9)51-45(53(43)17)41-33(15)47-39(31(13)49-41)35-23(5)25(7)36(26(8)24(35)6)40-32(14)50-42(34(16)48-40)46-52-38-28(10)20(2)22(4)30(12)44(38)54(46)18/h1-18H3. The topological polar surface area (TPSA) is 87.2 Å². The lowest BCUT2D eigenvalue weighted by Crippen LogP contribution is -2.09. The average Bonchev–Trinajstić information content (AvgIpc) is 3.66. The molecule has 0 atom stereocenters. The molecule has 7 rings (SSSR count). The van der Waals surface area contributed by atoms with Gasteiger partial charge >= 0.3 is 0 Å². The lowest BCUT2D eigenvalue weighted by molar-refractivity contribution is 0.929. The Balaban J connectivity index is 1.35. The van der Waals surface area contributed by atoms with Crippen LogP contribution in [0.3, 0.4) is 0 Å². The van der Waals surface area contributed by atoms with Crippen LogP contribution in [0.4, 0.5) is 0 Å². The van der Waals surface area contributed by atoms with Gasteiger partial charge in [0.05, 0.1) is 56.2 Å². The molecule has 8 heteroatoms. The fraction of sp³-hybridized carbons (Fsp3) is 0.391. The molecule has 54 heavy (non-hydrogen) atoms. The number of hydrogen-bond acceptors (Lipinski definition) is 6. The third kappa shape index (κ3) is 5.09. The van der Waals surface area contributed by atoms with Crippen molar-refractivity contribution in [3.8, 4) is 45.6 Å². The normalized spacial score (nSPS) is 11.9. The van der Waals surface area contributed by atoms with Crippen molar-refractivity contribution >= 4 is 22.1 Å². The largest absolute Gasteiger partial charge is 0.326 e. The maximum atomic E-state index is 5.29. The van der Waals surface area contributed by atoms with E-state index in [2.05, 4.69) is 134 Å². The summed E-state index contributed by atoms with van der Waals surface area (Å²) in [6.45, 7) is 34.5. The van der Waals surface area contributed by atoms with Crippen LogP contribution < -0.4 is 0 Å². The van der Waals surface area contributed by atoms with Gasteiger partial charge in [-0.05, 0) is 178 Å². The van der Waals surface area contributed by atoms with Gasteiger partial charge in [-0.2, -0.15) is 0 Å². The maximum Gasteiger partial charge on any atom is 0.161 e. The third-order valence-electron chi connectivity index (χ3n) is 13.0. The SMILES string of the molecule is Cc1nc(-c2nc3c(C)c(C)c(C)c(C)c3n2C)c(C)nc1-c1c(C)c(C)c(-c2nc(C)c(-c3nc4c(C)c(C)c(C)c(C)c4n3C)nc2C)c(C)c1C. The van der Waals surface area contributed by atoms with E-state index in [0.29, 0.717) is 0 Å². The number of benzene rings is 3. The number of rotatable bonds is 4. The Labute approximate surface area is 320 Å². The van der Waals surface area contributed by atoms with E-state index in [-0.39, 0.29) is 0 Å². The van der Waals surface area contributed by atoms with Gasteiger partial charge in [-0.15, -0.1) is 0 Å². The van der Waals surface area contributed by atoms with E-state index >= 15 is 0 Å². The first-order valence-electron chi connectivity index (χ1n) is 19.0. The van der Waals surface area contributed by atoms with Crippen molar-refractivity contribution in [2.45, 2.75) is 111 Å². The van der Waals surface area contributed by atoms with Crippen LogP contribution in [0.2, 0.25) is 0 Å². The highest BCUT2D eigenvalue weighted by Crippen LogP contribution is 2.41. The molecule has 0 amide bonds. The average molecular weight is 719 g/mol. The fourth-order valence-corrected chi connectivity index (χ4v) is 8.76.